The molecule has 3 rings (SSSR count). The maximum Gasteiger partial charge on any atom is 0.338 e. The van der Waals surface area contributed by atoms with Gasteiger partial charge in [0.15, 0.2) is 0 Å². The number of nitriles is 1. The lowest BCUT2D eigenvalue weighted by atomic mass is 10.0. The number of hydrogen-bond donors (Lipinski definition) is 1. The zero-order valence-corrected chi connectivity index (χ0v) is 18.2. The van der Waals surface area contributed by atoms with E-state index in [2.05, 4.69) is 5.32 Å². The summed E-state index contributed by atoms with van der Waals surface area (Å²) in [7, 11) is 0. The van der Waals surface area contributed by atoms with E-state index in [-0.39, 0.29) is 17.6 Å². The van der Waals surface area contributed by atoms with Crippen LogP contribution < -0.4 is 5.32 Å². The summed E-state index contributed by atoms with van der Waals surface area (Å²) in [4.78, 5) is 24.5. The number of benzene rings is 2. The first-order chi connectivity index (χ1) is 15.4. The third-order valence-electron chi connectivity index (χ3n) is 4.64. The number of amides is 1. The van der Waals surface area contributed by atoms with Crippen molar-refractivity contribution < 1.29 is 18.7 Å². The Hall–Kier alpha value is -4.11. The first-order valence-corrected chi connectivity index (χ1v) is 10.2. The van der Waals surface area contributed by atoms with Gasteiger partial charge < -0.3 is 14.5 Å². The average molecular weight is 428 g/mol. The molecule has 0 spiro atoms. The second-order valence-corrected chi connectivity index (χ2v) is 7.52. The van der Waals surface area contributed by atoms with E-state index in [0.29, 0.717) is 23.6 Å². The summed E-state index contributed by atoms with van der Waals surface area (Å²) in [6.07, 6.45) is 1.22. The molecule has 0 aliphatic carbocycles. The molecule has 3 aromatic rings. The molecule has 0 unspecified atom stereocenters. The third kappa shape index (κ3) is 5.73. The van der Waals surface area contributed by atoms with Gasteiger partial charge in [0.25, 0.3) is 5.91 Å². The normalized spacial score (nSPS) is 11.2. The molecule has 0 atom stereocenters. The summed E-state index contributed by atoms with van der Waals surface area (Å²) in [5.41, 5.74) is 3.00. The zero-order valence-electron chi connectivity index (χ0n) is 18.2. The first-order valence-electron chi connectivity index (χ1n) is 10.2. The van der Waals surface area contributed by atoms with Crippen molar-refractivity contribution >= 4 is 18.0 Å². The molecule has 6 heteroatoms. The molecule has 32 heavy (non-hydrogen) atoms. The number of nitrogens with one attached hydrogen (secondary N) is 1. The number of ether oxygens (including phenoxy) is 1. The Labute approximate surface area is 187 Å². The second kappa shape index (κ2) is 10.3. The Balaban J connectivity index is 1.74. The maximum atomic E-state index is 12.4. The van der Waals surface area contributed by atoms with Crippen molar-refractivity contribution in [1.82, 2.24) is 5.32 Å². The molecule has 0 aliphatic rings. The van der Waals surface area contributed by atoms with Crippen LogP contribution in [0.1, 0.15) is 41.1 Å². The van der Waals surface area contributed by atoms with Gasteiger partial charge in [0.05, 0.1) is 11.7 Å². The highest BCUT2D eigenvalue weighted by Gasteiger charge is 2.14. The van der Waals surface area contributed by atoms with Gasteiger partial charge in [0.1, 0.15) is 23.2 Å². The van der Waals surface area contributed by atoms with Gasteiger partial charge in [-0.1, -0.05) is 36.4 Å². The van der Waals surface area contributed by atoms with Crippen LogP contribution in [0.2, 0.25) is 0 Å². The second-order valence-electron chi connectivity index (χ2n) is 7.52. The molecular formula is C26H24N2O4. The topological polar surface area (TPSA) is 92.3 Å². The summed E-state index contributed by atoms with van der Waals surface area (Å²) in [6.45, 7) is 5.80. The zero-order chi connectivity index (χ0) is 23.1. The molecule has 0 fully saturated rings. The van der Waals surface area contributed by atoms with E-state index in [9.17, 15) is 14.9 Å². The van der Waals surface area contributed by atoms with Crippen molar-refractivity contribution in [2.45, 2.75) is 33.4 Å². The van der Waals surface area contributed by atoms with Crippen LogP contribution in [0.25, 0.3) is 17.4 Å². The number of esters is 1. The number of aryl methyl sites for hydroxylation is 1. The van der Waals surface area contributed by atoms with E-state index in [4.69, 9.17) is 9.15 Å². The van der Waals surface area contributed by atoms with Crippen LogP contribution in [-0.4, -0.2) is 18.0 Å². The fourth-order valence-electron chi connectivity index (χ4n) is 3.09. The molecule has 0 radical (unpaired) electrons. The smallest absolute Gasteiger partial charge is 0.338 e. The molecule has 2 aromatic carbocycles. The molecule has 0 bridgehead atoms. The number of carbonyl (C=O) groups excluding carboxylic acids is 2. The maximum absolute atomic E-state index is 12.4. The lowest BCUT2D eigenvalue weighted by Gasteiger charge is -2.09. The minimum Gasteiger partial charge on any atom is -0.459 e. The van der Waals surface area contributed by atoms with Crippen LogP contribution in [0.5, 0.6) is 0 Å². The van der Waals surface area contributed by atoms with Crippen molar-refractivity contribution in [3.8, 4) is 17.4 Å². The van der Waals surface area contributed by atoms with Crippen molar-refractivity contribution in [2.24, 2.45) is 0 Å². The molecule has 1 aromatic heterocycles. The molecule has 6 nitrogen and oxygen atoms in total. The van der Waals surface area contributed by atoms with E-state index in [1.165, 1.54) is 6.08 Å². The molecule has 1 heterocycles. The lowest BCUT2D eigenvalue weighted by Crippen LogP contribution is -2.23. The van der Waals surface area contributed by atoms with Gasteiger partial charge in [0, 0.05) is 18.2 Å². The average Bonchev–Trinajstić information content (AvgIpc) is 3.24. The number of carbonyl (C=O) groups is 2. The summed E-state index contributed by atoms with van der Waals surface area (Å²) in [6, 6.07) is 20.0. The number of furan rings is 1. The van der Waals surface area contributed by atoms with E-state index in [1.54, 1.807) is 44.2 Å². The van der Waals surface area contributed by atoms with Gasteiger partial charge in [-0.25, -0.2) is 4.79 Å². The van der Waals surface area contributed by atoms with Crippen molar-refractivity contribution in [3.05, 3.63) is 88.7 Å². The Morgan fingerprint density at radius 1 is 1.12 bits per heavy atom. The van der Waals surface area contributed by atoms with Gasteiger partial charge in [0.2, 0.25) is 0 Å². The van der Waals surface area contributed by atoms with Crippen molar-refractivity contribution in [3.63, 3.8) is 0 Å². The van der Waals surface area contributed by atoms with Crippen molar-refractivity contribution in [2.75, 3.05) is 0 Å². The van der Waals surface area contributed by atoms with Crippen LogP contribution >= 0.6 is 0 Å². The minimum atomic E-state index is -0.474. The quantitative estimate of drug-likeness (QED) is 0.323. The summed E-state index contributed by atoms with van der Waals surface area (Å²) < 4.78 is 11.1. The molecule has 0 aliphatic heterocycles. The van der Waals surface area contributed by atoms with E-state index < -0.39 is 5.91 Å². The van der Waals surface area contributed by atoms with Gasteiger partial charge in [-0.2, -0.15) is 5.26 Å². The summed E-state index contributed by atoms with van der Waals surface area (Å²) >= 11 is 0. The third-order valence-corrected chi connectivity index (χ3v) is 4.64. The van der Waals surface area contributed by atoms with Crippen LogP contribution in [0.3, 0.4) is 0 Å². The molecular weight excluding hydrogens is 404 g/mol. The highest BCUT2D eigenvalue weighted by atomic mass is 16.5. The van der Waals surface area contributed by atoms with Gasteiger partial charge in [-0.3, -0.25) is 4.79 Å². The lowest BCUT2D eigenvalue weighted by molar-refractivity contribution is -0.117. The highest BCUT2D eigenvalue weighted by molar-refractivity contribution is 6.01. The fraction of sp³-hybridized carbons (Fsp3) is 0.192. The monoisotopic (exact) mass is 428 g/mol. The highest BCUT2D eigenvalue weighted by Crippen LogP contribution is 2.27. The van der Waals surface area contributed by atoms with Crippen LogP contribution in [-0.2, 0) is 16.1 Å². The first kappa shape index (κ1) is 22.6. The fourth-order valence-corrected chi connectivity index (χ4v) is 3.09. The van der Waals surface area contributed by atoms with E-state index in [0.717, 1.165) is 16.7 Å². The predicted molar refractivity (Wildman–Crippen MR) is 121 cm³/mol. The molecule has 0 saturated heterocycles. The van der Waals surface area contributed by atoms with E-state index in [1.807, 2.05) is 43.3 Å². The SMILES string of the molecule is Cc1cc(C(=O)OC(C)C)ccc1-c1ccc(/C=C(\C#N)C(=O)NCc2ccccc2)o1. The molecule has 162 valence electrons. The largest absolute Gasteiger partial charge is 0.459 e. The summed E-state index contributed by atoms with van der Waals surface area (Å²) in [5.74, 6) is 0.102. The Bertz CT molecular complexity index is 1180. The van der Waals surface area contributed by atoms with E-state index >= 15 is 0 Å². The van der Waals surface area contributed by atoms with Crippen LogP contribution in [0.15, 0.2) is 70.7 Å². The number of nitrogens with zero attached hydrogens (tertiary/aromatic N) is 1. The van der Waals surface area contributed by atoms with Crippen LogP contribution in [0, 0.1) is 18.3 Å². The Kier molecular flexibility index (Phi) is 7.25. The van der Waals surface area contributed by atoms with Gasteiger partial charge in [-0.05, 0) is 56.2 Å². The molecule has 1 N–H and O–H groups in total. The number of rotatable bonds is 7. The van der Waals surface area contributed by atoms with Gasteiger partial charge >= 0.3 is 5.97 Å². The standard InChI is InChI=1S/C26H24N2O4/c1-17(2)31-26(30)20-9-11-23(18(3)13-20)24-12-10-22(32-24)14-21(15-27)25(29)28-16-19-7-5-4-6-8-19/h4-14,17H,16H2,1-3H3,(H,28,29)/b21-14+. The van der Waals surface area contributed by atoms with Crippen molar-refractivity contribution in [1.29, 1.82) is 5.26 Å². The molecule has 1 amide bonds. The number of hydrogen-bond acceptors (Lipinski definition) is 5. The molecule has 0 saturated carbocycles. The van der Waals surface area contributed by atoms with Gasteiger partial charge in [-0.15, -0.1) is 0 Å². The Morgan fingerprint density at radius 3 is 2.53 bits per heavy atom. The Morgan fingerprint density at radius 2 is 1.88 bits per heavy atom. The predicted octanol–water partition coefficient (Wildman–Crippen LogP) is 5.04. The summed E-state index contributed by atoms with van der Waals surface area (Å²) in [5, 5.41) is 12.1. The van der Waals surface area contributed by atoms with Crippen LogP contribution in [0.4, 0.5) is 0 Å². The minimum absolute atomic E-state index is 0.0506.